The smallest absolute Gasteiger partial charge is 0.350 e. The van der Waals surface area contributed by atoms with Crippen LogP contribution in [0.25, 0.3) is 5.65 Å². The molecule has 8 nitrogen and oxygen atoms in total. The van der Waals surface area contributed by atoms with Crippen LogP contribution in [0.4, 0.5) is 0 Å². The lowest BCUT2D eigenvalue weighted by atomic mass is 10.2. The van der Waals surface area contributed by atoms with Crippen LogP contribution in [0.5, 0.6) is 0 Å². The quantitative estimate of drug-likeness (QED) is 0.636. The van der Waals surface area contributed by atoms with Crippen molar-refractivity contribution >= 4 is 17.5 Å². The van der Waals surface area contributed by atoms with Gasteiger partial charge < -0.3 is 10.6 Å². The van der Waals surface area contributed by atoms with Gasteiger partial charge in [-0.3, -0.25) is 14.0 Å². The van der Waals surface area contributed by atoms with Crippen LogP contribution >= 0.6 is 0 Å². The Morgan fingerprint density at radius 1 is 1.04 bits per heavy atom. The standard InChI is InChI=1S/C19H21N5O3/c20-16(25)9-12-22(14-15-6-2-1-3-7-15)18(26)10-13-24-19(27)23-11-5-4-8-17(23)21-24/h1-8,11H,9-10,12-14H2,(H2,20,25). The summed E-state index contributed by atoms with van der Waals surface area (Å²) < 4.78 is 2.71. The first-order chi connectivity index (χ1) is 13.0. The third-order valence-corrected chi connectivity index (χ3v) is 4.22. The fourth-order valence-corrected chi connectivity index (χ4v) is 2.81. The Bertz CT molecular complexity index is 993. The fraction of sp³-hybridized carbons (Fsp3) is 0.263. The SMILES string of the molecule is NC(=O)CCN(Cc1ccccc1)C(=O)CCn1nc2ccccn2c1=O. The van der Waals surface area contributed by atoms with Gasteiger partial charge in [-0.25, -0.2) is 9.48 Å². The lowest BCUT2D eigenvalue weighted by Crippen LogP contribution is -2.35. The number of hydrogen-bond acceptors (Lipinski definition) is 4. The van der Waals surface area contributed by atoms with Crippen molar-refractivity contribution in [2.24, 2.45) is 5.73 Å². The number of carbonyl (C=O) groups excluding carboxylic acids is 2. The molecule has 0 unspecified atom stereocenters. The number of hydrogen-bond donors (Lipinski definition) is 1. The van der Waals surface area contributed by atoms with Gasteiger partial charge in [0.2, 0.25) is 11.8 Å². The maximum atomic E-state index is 12.7. The van der Waals surface area contributed by atoms with Crippen molar-refractivity contribution in [3.05, 3.63) is 70.8 Å². The van der Waals surface area contributed by atoms with Gasteiger partial charge in [0.15, 0.2) is 5.65 Å². The Morgan fingerprint density at radius 3 is 2.48 bits per heavy atom. The number of amides is 2. The van der Waals surface area contributed by atoms with E-state index in [4.69, 9.17) is 5.73 Å². The molecule has 0 bridgehead atoms. The number of nitrogens with two attached hydrogens (primary N) is 1. The van der Waals surface area contributed by atoms with E-state index in [0.717, 1.165) is 5.56 Å². The number of rotatable bonds is 8. The first-order valence-electron chi connectivity index (χ1n) is 8.69. The molecule has 140 valence electrons. The normalized spacial score (nSPS) is 10.8. The number of carbonyl (C=O) groups is 2. The van der Waals surface area contributed by atoms with Crippen molar-refractivity contribution < 1.29 is 9.59 Å². The zero-order valence-corrected chi connectivity index (χ0v) is 14.8. The van der Waals surface area contributed by atoms with Gasteiger partial charge in [-0.2, -0.15) is 0 Å². The second-order valence-electron chi connectivity index (χ2n) is 6.20. The molecule has 8 heteroatoms. The number of nitrogens with zero attached hydrogens (tertiary/aromatic N) is 4. The molecule has 0 aliphatic carbocycles. The molecule has 3 rings (SSSR count). The highest BCUT2D eigenvalue weighted by Crippen LogP contribution is 2.08. The predicted molar refractivity (Wildman–Crippen MR) is 99.7 cm³/mol. The van der Waals surface area contributed by atoms with E-state index in [0.29, 0.717) is 12.2 Å². The molecule has 0 aliphatic heterocycles. The van der Waals surface area contributed by atoms with Crippen LogP contribution in [-0.4, -0.2) is 37.4 Å². The van der Waals surface area contributed by atoms with E-state index < -0.39 is 5.91 Å². The summed E-state index contributed by atoms with van der Waals surface area (Å²) in [5.74, 6) is -0.624. The van der Waals surface area contributed by atoms with E-state index >= 15 is 0 Å². The molecule has 0 atom stereocenters. The van der Waals surface area contributed by atoms with E-state index in [1.807, 2.05) is 30.3 Å². The van der Waals surface area contributed by atoms with E-state index in [-0.39, 0.29) is 37.5 Å². The predicted octanol–water partition coefficient (Wildman–Crippen LogP) is 0.790. The number of pyridine rings is 1. The van der Waals surface area contributed by atoms with Crippen LogP contribution < -0.4 is 11.4 Å². The molecule has 0 saturated carbocycles. The van der Waals surface area contributed by atoms with E-state index in [1.54, 1.807) is 29.3 Å². The zero-order chi connectivity index (χ0) is 19.2. The molecule has 0 aliphatic rings. The molecular weight excluding hydrogens is 346 g/mol. The lowest BCUT2D eigenvalue weighted by molar-refractivity contribution is -0.132. The first-order valence-corrected chi connectivity index (χ1v) is 8.69. The molecule has 2 N–H and O–H groups in total. The van der Waals surface area contributed by atoms with Gasteiger partial charge in [-0.1, -0.05) is 36.4 Å². The second kappa shape index (κ2) is 8.31. The summed E-state index contributed by atoms with van der Waals surface area (Å²) >= 11 is 0. The van der Waals surface area contributed by atoms with Crippen molar-refractivity contribution in [3.8, 4) is 0 Å². The topological polar surface area (TPSA) is 103 Å². The molecule has 27 heavy (non-hydrogen) atoms. The van der Waals surface area contributed by atoms with E-state index in [1.165, 1.54) is 9.08 Å². The molecule has 0 saturated heterocycles. The minimum atomic E-state index is -0.461. The van der Waals surface area contributed by atoms with Crippen molar-refractivity contribution in [2.75, 3.05) is 6.54 Å². The zero-order valence-electron chi connectivity index (χ0n) is 14.8. The Morgan fingerprint density at radius 2 is 1.78 bits per heavy atom. The van der Waals surface area contributed by atoms with Gasteiger partial charge in [-0.05, 0) is 17.7 Å². The van der Waals surface area contributed by atoms with Crippen molar-refractivity contribution in [2.45, 2.75) is 25.9 Å². The van der Waals surface area contributed by atoms with Crippen LogP contribution in [0.2, 0.25) is 0 Å². The van der Waals surface area contributed by atoms with Crippen molar-refractivity contribution in [1.82, 2.24) is 19.1 Å². The van der Waals surface area contributed by atoms with Crippen LogP contribution in [-0.2, 0) is 22.7 Å². The summed E-state index contributed by atoms with van der Waals surface area (Å²) in [7, 11) is 0. The molecule has 0 radical (unpaired) electrons. The van der Waals surface area contributed by atoms with Crippen LogP contribution in [0.1, 0.15) is 18.4 Å². The van der Waals surface area contributed by atoms with Crippen molar-refractivity contribution in [1.29, 1.82) is 0 Å². The maximum absolute atomic E-state index is 12.7. The Kier molecular flexibility index (Phi) is 5.65. The van der Waals surface area contributed by atoms with Crippen LogP contribution in [0.3, 0.4) is 0 Å². The number of aryl methyl sites for hydroxylation is 1. The van der Waals surface area contributed by atoms with E-state index in [9.17, 15) is 14.4 Å². The van der Waals surface area contributed by atoms with Gasteiger partial charge in [0.25, 0.3) is 0 Å². The summed E-state index contributed by atoms with van der Waals surface area (Å²) in [5.41, 5.74) is 6.43. The summed E-state index contributed by atoms with van der Waals surface area (Å²) in [5, 5.41) is 4.22. The van der Waals surface area contributed by atoms with Gasteiger partial charge in [0.05, 0.1) is 6.54 Å². The molecule has 1 aromatic carbocycles. The number of fused-ring (bicyclic) bond motifs is 1. The van der Waals surface area contributed by atoms with Gasteiger partial charge in [0.1, 0.15) is 0 Å². The lowest BCUT2D eigenvalue weighted by Gasteiger charge is -2.22. The average molecular weight is 367 g/mol. The maximum Gasteiger partial charge on any atom is 0.350 e. The largest absolute Gasteiger partial charge is 0.370 e. The molecule has 2 amide bonds. The second-order valence-corrected chi connectivity index (χ2v) is 6.20. The highest BCUT2D eigenvalue weighted by Gasteiger charge is 2.16. The van der Waals surface area contributed by atoms with Crippen molar-refractivity contribution in [3.63, 3.8) is 0 Å². The third-order valence-electron chi connectivity index (χ3n) is 4.22. The Balaban J connectivity index is 1.70. The number of benzene rings is 1. The highest BCUT2D eigenvalue weighted by molar-refractivity contribution is 5.78. The molecule has 3 aromatic rings. The molecule has 2 aromatic heterocycles. The Labute approximate surface area is 155 Å². The highest BCUT2D eigenvalue weighted by atomic mass is 16.2. The number of primary amides is 1. The Hall–Kier alpha value is -3.42. The average Bonchev–Trinajstić information content (AvgIpc) is 3.00. The minimum absolute atomic E-state index is 0.0902. The van der Waals surface area contributed by atoms with Gasteiger partial charge in [-0.15, -0.1) is 5.10 Å². The van der Waals surface area contributed by atoms with Crippen LogP contribution in [0.15, 0.2) is 59.5 Å². The summed E-state index contributed by atoms with van der Waals surface area (Å²) in [6, 6.07) is 14.8. The summed E-state index contributed by atoms with van der Waals surface area (Å²) in [6.45, 7) is 0.789. The minimum Gasteiger partial charge on any atom is -0.370 e. The summed E-state index contributed by atoms with van der Waals surface area (Å²) in [6.07, 6.45) is 1.83. The number of aromatic nitrogens is 3. The summed E-state index contributed by atoms with van der Waals surface area (Å²) in [4.78, 5) is 37.7. The van der Waals surface area contributed by atoms with E-state index in [2.05, 4.69) is 5.10 Å². The molecule has 0 spiro atoms. The third kappa shape index (κ3) is 4.60. The monoisotopic (exact) mass is 367 g/mol. The fourth-order valence-electron chi connectivity index (χ4n) is 2.81. The first kappa shape index (κ1) is 18.4. The van der Waals surface area contributed by atoms with Gasteiger partial charge in [0, 0.05) is 32.1 Å². The van der Waals surface area contributed by atoms with Gasteiger partial charge >= 0.3 is 5.69 Å². The van der Waals surface area contributed by atoms with Crippen LogP contribution in [0, 0.1) is 0 Å². The molecular formula is C19H21N5O3. The molecule has 2 heterocycles. The molecule has 0 fully saturated rings.